The van der Waals surface area contributed by atoms with E-state index < -0.39 is 0 Å². The van der Waals surface area contributed by atoms with E-state index in [4.69, 9.17) is 28.9 Å². The number of benzene rings is 1. The van der Waals surface area contributed by atoms with Crippen LogP contribution in [0.3, 0.4) is 0 Å². The van der Waals surface area contributed by atoms with E-state index in [0.717, 1.165) is 34.9 Å². The molecule has 1 nitrogen and oxygen atoms in total. The van der Waals surface area contributed by atoms with Crippen LogP contribution in [0.25, 0.3) is 0 Å². The standard InChI is InChI=1S/C15H23Cl2N/c1-3-5-9-15(4-2,11-18)10-12-13(16)7-6-8-14(12)17/h6-8H,3-5,9-11,18H2,1-2H3. The lowest BCUT2D eigenvalue weighted by Crippen LogP contribution is -2.32. The highest BCUT2D eigenvalue weighted by Gasteiger charge is 2.28. The summed E-state index contributed by atoms with van der Waals surface area (Å²) in [6, 6.07) is 5.69. The van der Waals surface area contributed by atoms with Gasteiger partial charge in [-0.2, -0.15) is 0 Å². The molecular weight excluding hydrogens is 265 g/mol. The van der Waals surface area contributed by atoms with Crippen LogP contribution in [-0.4, -0.2) is 6.54 Å². The molecule has 1 atom stereocenters. The van der Waals surface area contributed by atoms with Crippen LogP contribution in [0.4, 0.5) is 0 Å². The summed E-state index contributed by atoms with van der Waals surface area (Å²) in [6.45, 7) is 5.09. The normalized spacial score (nSPS) is 14.5. The molecule has 0 spiro atoms. The van der Waals surface area contributed by atoms with Crippen LogP contribution in [0.1, 0.15) is 45.1 Å². The Morgan fingerprint density at radius 3 is 2.22 bits per heavy atom. The van der Waals surface area contributed by atoms with Gasteiger partial charge in [0.15, 0.2) is 0 Å². The first-order chi connectivity index (χ1) is 8.58. The first-order valence-corrected chi connectivity index (χ1v) is 7.47. The third-order valence-corrected chi connectivity index (χ3v) is 4.57. The molecule has 0 aliphatic carbocycles. The minimum Gasteiger partial charge on any atom is -0.330 e. The zero-order valence-corrected chi connectivity index (χ0v) is 12.8. The summed E-state index contributed by atoms with van der Waals surface area (Å²) in [4.78, 5) is 0. The van der Waals surface area contributed by atoms with Crippen LogP contribution in [0.15, 0.2) is 18.2 Å². The summed E-state index contributed by atoms with van der Waals surface area (Å²) in [5.41, 5.74) is 7.20. The lowest BCUT2D eigenvalue weighted by atomic mass is 9.75. The van der Waals surface area contributed by atoms with Crippen LogP contribution in [0.5, 0.6) is 0 Å². The molecule has 1 aromatic rings. The first-order valence-electron chi connectivity index (χ1n) is 6.71. The highest BCUT2D eigenvalue weighted by Crippen LogP contribution is 2.36. The van der Waals surface area contributed by atoms with E-state index in [0.29, 0.717) is 6.54 Å². The van der Waals surface area contributed by atoms with Crippen molar-refractivity contribution in [2.45, 2.75) is 46.0 Å². The zero-order valence-electron chi connectivity index (χ0n) is 11.3. The van der Waals surface area contributed by atoms with Crippen LogP contribution >= 0.6 is 23.2 Å². The molecule has 0 aromatic heterocycles. The largest absolute Gasteiger partial charge is 0.330 e. The number of hydrogen-bond acceptors (Lipinski definition) is 1. The van der Waals surface area contributed by atoms with E-state index >= 15 is 0 Å². The van der Waals surface area contributed by atoms with Crippen molar-refractivity contribution in [2.75, 3.05) is 6.54 Å². The molecule has 1 aromatic carbocycles. The van der Waals surface area contributed by atoms with Gasteiger partial charge in [-0.15, -0.1) is 0 Å². The summed E-state index contributed by atoms with van der Waals surface area (Å²) < 4.78 is 0. The molecular formula is C15H23Cl2N. The smallest absolute Gasteiger partial charge is 0.0453 e. The number of hydrogen-bond donors (Lipinski definition) is 1. The molecule has 0 bridgehead atoms. The maximum atomic E-state index is 6.26. The van der Waals surface area contributed by atoms with Crippen molar-refractivity contribution in [1.82, 2.24) is 0 Å². The number of nitrogens with two attached hydrogens (primary N) is 1. The Bertz CT molecular complexity index is 353. The Morgan fingerprint density at radius 2 is 1.78 bits per heavy atom. The molecule has 3 heteroatoms. The molecule has 0 aliphatic rings. The predicted molar refractivity (Wildman–Crippen MR) is 81.5 cm³/mol. The van der Waals surface area contributed by atoms with Gasteiger partial charge in [0.2, 0.25) is 0 Å². The second-order valence-electron chi connectivity index (χ2n) is 5.04. The summed E-state index contributed by atoms with van der Waals surface area (Å²) in [6.07, 6.45) is 5.47. The average Bonchev–Trinajstić information content (AvgIpc) is 2.38. The molecule has 0 amide bonds. The Labute approximate surface area is 121 Å². The Balaban J connectivity index is 2.95. The van der Waals surface area contributed by atoms with Crippen LogP contribution in [0, 0.1) is 5.41 Å². The van der Waals surface area contributed by atoms with Crippen LogP contribution < -0.4 is 5.73 Å². The lowest BCUT2D eigenvalue weighted by molar-refractivity contribution is 0.251. The first kappa shape index (κ1) is 15.8. The highest BCUT2D eigenvalue weighted by molar-refractivity contribution is 6.36. The Hall–Kier alpha value is -0.240. The monoisotopic (exact) mass is 287 g/mol. The summed E-state index contributed by atoms with van der Waals surface area (Å²) in [5, 5.41) is 1.51. The predicted octanol–water partition coefficient (Wildman–Crippen LogP) is 5.08. The third kappa shape index (κ3) is 3.88. The van der Waals surface area contributed by atoms with Crippen molar-refractivity contribution in [3.05, 3.63) is 33.8 Å². The molecule has 2 N–H and O–H groups in total. The van der Waals surface area contributed by atoms with Gasteiger partial charge in [0, 0.05) is 10.0 Å². The number of halogens is 2. The summed E-state index contributed by atoms with van der Waals surface area (Å²) in [5.74, 6) is 0. The van der Waals surface area contributed by atoms with Gasteiger partial charge in [-0.3, -0.25) is 0 Å². The summed E-state index contributed by atoms with van der Waals surface area (Å²) in [7, 11) is 0. The molecule has 1 unspecified atom stereocenters. The van der Waals surface area contributed by atoms with Crippen molar-refractivity contribution >= 4 is 23.2 Å². The van der Waals surface area contributed by atoms with Crippen molar-refractivity contribution in [3.63, 3.8) is 0 Å². The number of rotatable bonds is 7. The minimum atomic E-state index is 0.130. The summed E-state index contributed by atoms with van der Waals surface area (Å²) >= 11 is 12.5. The topological polar surface area (TPSA) is 26.0 Å². The van der Waals surface area contributed by atoms with Gasteiger partial charge in [-0.05, 0) is 48.9 Å². The minimum absolute atomic E-state index is 0.130. The molecule has 0 fully saturated rings. The molecule has 0 saturated heterocycles. The second-order valence-corrected chi connectivity index (χ2v) is 5.85. The van der Waals surface area contributed by atoms with Gasteiger partial charge in [0.05, 0.1) is 0 Å². The average molecular weight is 288 g/mol. The van der Waals surface area contributed by atoms with Crippen LogP contribution in [0.2, 0.25) is 10.0 Å². The van der Waals surface area contributed by atoms with E-state index in [1.807, 2.05) is 18.2 Å². The van der Waals surface area contributed by atoms with Crippen molar-refractivity contribution in [3.8, 4) is 0 Å². The van der Waals surface area contributed by atoms with Gasteiger partial charge in [0.25, 0.3) is 0 Å². The van der Waals surface area contributed by atoms with Crippen LogP contribution in [-0.2, 0) is 6.42 Å². The fourth-order valence-corrected chi connectivity index (χ4v) is 2.87. The molecule has 0 heterocycles. The molecule has 0 saturated carbocycles. The Morgan fingerprint density at radius 1 is 1.17 bits per heavy atom. The maximum absolute atomic E-state index is 6.26. The quantitative estimate of drug-likeness (QED) is 0.743. The fourth-order valence-electron chi connectivity index (χ4n) is 2.34. The van der Waals surface area contributed by atoms with E-state index in [1.54, 1.807) is 0 Å². The molecule has 1 rings (SSSR count). The van der Waals surface area contributed by atoms with Crippen molar-refractivity contribution in [1.29, 1.82) is 0 Å². The van der Waals surface area contributed by atoms with Crippen molar-refractivity contribution < 1.29 is 0 Å². The fraction of sp³-hybridized carbons (Fsp3) is 0.600. The maximum Gasteiger partial charge on any atom is 0.0453 e. The van der Waals surface area contributed by atoms with Gasteiger partial charge >= 0.3 is 0 Å². The van der Waals surface area contributed by atoms with Gasteiger partial charge in [0.1, 0.15) is 0 Å². The van der Waals surface area contributed by atoms with E-state index in [1.165, 1.54) is 12.8 Å². The van der Waals surface area contributed by atoms with Crippen molar-refractivity contribution in [2.24, 2.45) is 11.1 Å². The lowest BCUT2D eigenvalue weighted by Gasteiger charge is -2.32. The second kappa shape index (κ2) is 7.37. The SMILES string of the molecule is CCCCC(CC)(CN)Cc1c(Cl)cccc1Cl. The molecule has 102 valence electrons. The van der Waals surface area contributed by atoms with Gasteiger partial charge in [-0.25, -0.2) is 0 Å². The van der Waals surface area contributed by atoms with E-state index in [2.05, 4.69) is 13.8 Å². The van der Waals surface area contributed by atoms with Gasteiger partial charge < -0.3 is 5.73 Å². The molecule has 0 radical (unpaired) electrons. The zero-order chi connectivity index (χ0) is 13.6. The molecule has 18 heavy (non-hydrogen) atoms. The van der Waals surface area contributed by atoms with E-state index in [9.17, 15) is 0 Å². The number of unbranched alkanes of at least 4 members (excludes halogenated alkanes) is 1. The highest BCUT2D eigenvalue weighted by atomic mass is 35.5. The third-order valence-electron chi connectivity index (χ3n) is 3.86. The van der Waals surface area contributed by atoms with E-state index in [-0.39, 0.29) is 5.41 Å². The van der Waals surface area contributed by atoms with Gasteiger partial charge in [-0.1, -0.05) is 56.0 Å². The molecule has 0 aliphatic heterocycles. The Kier molecular flexibility index (Phi) is 6.48.